The molecule has 0 saturated heterocycles. The number of hydrogen-bond donors (Lipinski definition) is 0. The SMILES string of the molecule is COC(=O)C(c1cc(Br)[n+](C)o1)C(C)C.O=S(=O)([O-])C(F)(F)F. The Morgan fingerprint density at radius 3 is 2.09 bits per heavy atom. The number of ether oxygens (including phenoxy) is 1. The van der Waals surface area contributed by atoms with Crippen LogP contribution in [0.3, 0.4) is 0 Å². The number of aryl methyl sites for hydroxylation is 1. The van der Waals surface area contributed by atoms with Crippen LogP contribution in [0.2, 0.25) is 0 Å². The molecule has 0 N–H and O–H groups in total. The van der Waals surface area contributed by atoms with Crippen molar-refractivity contribution < 1.29 is 44.9 Å². The maximum atomic E-state index is 11.6. The number of rotatable bonds is 3. The van der Waals surface area contributed by atoms with Crippen LogP contribution in [-0.4, -0.2) is 31.6 Å². The first-order valence-corrected chi connectivity index (χ1v) is 8.18. The summed E-state index contributed by atoms with van der Waals surface area (Å²) in [5, 5.41) is 0. The van der Waals surface area contributed by atoms with Gasteiger partial charge < -0.3 is 9.29 Å². The zero-order chi connectivity index (χ0) is 18.6. The van der Waals surface area contributed by atoms with Crippen molar-refractivity contribution in [3.05, 3.63) is 16.4 Å². The van der Waals surface area contributed by atoms with Crippen molar-refractivity contribution in [3.8, 4) is 0 Å². The van der Waals surface area contributed by atoms with Crippen molar-refractivity contribution in [3.63, 3.8) is 0 Å². The fourth-order valence-corrected chi connectivity index (χ4v) is 1.72. The number of aromatic nitrogens is 1. The summed E-state index contributed by atoms with van der Waals surface area (Å²) in [7, 11) is -2.94. The molecule has 0 radical (unpaired) electrons. The Morgan fingerprint density at radius 2 is 1.87 bits per heavy atom. The molecule has 0 aromatic carbocycles. The summed E-state index contributed by atoms with van der Waals surface area (Å²) in [6.07, 6.45) is 0. The number of hydrogen-bond acceptors (Lipinski definition) is 6. The van der Waals surface area contributed by atoms with Crippen LogP contribution in [0.5, 0.6) is 0 Å². The summed E-state index contributed by atoms with van der Waals surface area (Å²) in [4.78, 5) is 11.6. The number of esters is 1. The van der Waals surface area contributed by atoms with Crippen LogP contribution in [0.4, 0.5) is 13.2 Å². The minimum Gasteiger partial charge on any atom is -0.741 e. The average Bonchev–Trinajstić information content (AvgIpc) is 2.66. The molecule has 0 spiro atoms. The van der Waals surface area contributed by atoms with Crippen LogP contribution in [0.15, 0.2) is 15.2 Å². The van der Waals surface area contributed by atoms with Crippen molar-refractivity contribution in [2.24, 2.45) is 13.0 Å². The van der Waals surface area contributed by atoms with E-state index >= 15 is 0 Å². The fourth-order valence-electron chi connectivity index (χ4n) is 1.43. The van der Waals surface area contributed by atoms with Crippen LogP contribution < -0.4 is 4.74 Å². The summed E-state index contributed by atoms with van der Waals surface area (Å²) in [6.45, 7) is 3.91. The van der Waals surface area contributed by atoms with Gasteiger partial charge in [0.1, 0.15) is 5.92 Å². The molecule has 0 saturated carbocycles. The largest absolute Gasteiger partial charge is 0.741 e. The molecule has 23 heavy (non-hydrogen) atoms. The van der Waals surface area contributed by atoms with Crippen molar-refractivity contribution >= 4 is 32.0 Å². The summed E-state index contributed by atoms with van der Waals surface area (Å²) < 4.78 is 71.4. The Hall–Kier alpha value is -1.14. The second-order valence-corrected chi connectivity index (χ2v) is 6.79. The average molecular weight is 426 g/mol. The summed E-state index contributed by atoms with van der Waals surface area (Å²) in [5.41, 5.74) is -5.65. The van der Waals surface area contributed by atoms with Gasteiger partial charge in [-0.25, -0.2) is 12.9 Å². The van der Waals surface area contributed by atoms with E-state index in [1.807, 2.05) is 13.8 Å². The molecule has 0 aliphatic heterocycles. The third-order valence-electron chi connectivity index (χ3n) is 2.52. The minimum atomic E-state index is -6.09. The highest BCUT2D eigenvalue weighted by molar-refractivity contribution is 9.10. The van der Waals surface area contributed by atoms with Gasteiger partial charge in [0, 0.05) is 15.9 Å². The molecule has 0 fully saturated rings. The lowest BCUT2D eigenvalue weighted by Crippen LogP contribution is -2.26. The molecular formula is C11H15BrF3NO6S. The van der Waals surface area contributed by atoms with Crippen molar-refractivity contribution in [1.29, 1.82) is 0 Å². The van der Waals surface area contributed by atoms with E-state index < -0.39 is 15.6 Å². The van der Waals surface area contributed by atoms with Gasteiger partial charge in [0.05, 0.1) is 13.2 Å². The number of alkyl halides is 3. The summed E-state index contributed by atoms with van der Waals surface area (Å²) in [6, 6.07) is 1.79. The molecule has 0 aliphatic rings. The molecule has 12 heteroatoms. The highest BCUT2D eigenvalue weighted by Gasteiger charge is 2.37. The van der Waals surface area contributed by atoms with Gasteiger partial charge in [-0.1, -0.05) is 13.8 Å². The van der Waals surface area contributed by atoms with Gasteiger partial charge in [-0.15, -0.1) is 0 Å². The van der Waals surface area contributed by atoms with E-state index in [2.05, 4.69) is 15.9 Å². The number of nitrogens with zero attached hydrogens (tertiary/aromatic N) is 1. The minimum absolute atomic E-state index is 0.135. The van der Waals surface area contributed by atoms with Crippen molar-refractivity contribution in [2.45, 2.75) is 25.3 Å². The van der Waals surface area contributed by atoms with Crippen LogP contribution in [0.1, 0.15) is 25.5 Å². The zero-order valence-corrected chi connectivity index (χ0v) is 15.0. The smallest absolute Gasteiger partial charge is 0.485 e. The predicted octanol–water partition coefficient (Wildman–Crippen LogP) is 1.83. The molecule has 1 aromatic heterocycles. The molecule has 1 heterocycles. The molecule has 1 rings (SSSR count). The summed E-state index contributed by atoms with van der Waals surface area (Å²) in [5.74, 6) is 0.126. The second kappa shape index (κ2) is 8.11. The van der Waals surface area contributed by atoms with E-state index in [0.717, 1.165) is 4.60 Å². The molecule has 1 unspecified atom stereocenters. The Balaban J connectivity index is 0.000000515. The van der Waals surface area contributed by atoms with E-state index in [0.29, 0.717) is 5.76 Å². The lowest BCUT2D eigenvalue weighted by atomic mass is 9.93. The highest BCUT2D eigenvalue weighted by Crippen LogP contribution is 2.26. The van der Waals surface area contributed by atoms with Gasteiger partial charge in [-0.2, -0.15) is 13.2 Å². The van der Waals surface area contributed by atoms with Crippen LogP contribution in [-0.2, 0) is 26.7 Å². The first kappa shape index (κ1) is 21.9. The molecule has 1 aromatic rings. The number of methoxy groups -OCH3 is 1. The van der Waals surface area contributed by atoms with Gasteiger partial charge >= 0.3 is 11.5 Å². The van der Waals surface area contributed by atoms with E-state index in [4.69, 9.17) is 22.2 Å². The lowest BCUT2D eigenvalue weighted by Gasteiger charge is -2.13. The topological polar surface area (TPSA) is 101 Å². The molecule has 0 bridgehead atoms. The third-order valence-corrected chi connectivity index (χ3v) is 3.81. The number of carbonyl (C=O) groups excluding carboxylic acids is 1. The first-order chi connectivity index (χ1) is 10.2. The Kier molecular flexibility index (Phi) is 7.70. The van der Waals surface area contributed by atoms with Crippen LogP contribution >= 0.6 is 15.9 Å². The maximum absolute atomic E-state index is 11.6. The standard InChI is InChI=1S/C10H15BrNO3.CHF3O3S/c1-6(2)9(10(13)14-4)7-5-8(11)12(3)15-7;2-1(3,4)8(5,6)7/h5-6,9H,1-4H3;(H,5,6,7)/q+1;/p-1. The Bertz CT molecular complexity index is 621. The molecule has 1 atom stereocenters. The van der Waals surface area contributed by atoms with Crippen molar-refractivity contribution in [2.75, 3.05) is 7.11 Å². The van der Waals surface area contributed by atoms with Gasteiger partial charge in [0.15, 0.2) is 17.2 Å². The van der Waals surface area contributed by atoms with Gasteiger partial charge in [0.2, 0.25) is 5.76 Å². The molecule has 0 amide bonds. The Morgan fingerprint density at radius 1 is 1.43 bits per heavy atom. The van der Waals surface area contributed by atoms with E-state index in [-0.39, 0.29) is 17.8 Å². The maximum Gasteiger partial charge on any atom is 0.485 e. The molecule has 7 nitrogen and oxygen atoms in total. The monoisotopic (exact) mass is 425 g/mol. The summed E-state index contributed by atoms with van der Waals surface area (Å²) >= 11 is 3.32. The van der Waals surface area contributed by atoms with Crippen LogP contribution in [0.25, 0.3) is 0 Å². The quantitative estimate of drug-likeness (QED) is 0.317. The van der Waals surface area contributed by atoms with Gasteiger partial charge in [-0.05, 0) is 10.7 Å². The van der Waals surface area contributed by atoms with E-state index in [1.165, 1.54) is 7.11 Å². The fraction of sp³-hybridized carbons (Fsp3) is 0.636. The normalized spacial score (nSPS) is 13.3. The predicted molar refractivity (Wildman–Crippen MR) is 72.9 cm³/mol. The molecule has 0 aliphatic carbocycles. The van der Waals surface area contributed by atoms with E-state index in [9.17, 15) is 18.0 Å². The van der Waals surface area contributed by atoms with Gasteiger partial charge in [0.25, 0.3) is 4.60 Å². The van der Waals surface area contributed by atoms with Gasteiger partial charge in [-0.3, -0.25) is 4.79 Å². The Labute approximate surface area is 139 Å². The highest BCUT2D eigenvalue weighted by atomic mass is 79.9. The first-order valence-electron chi connectivity index (χ1n) is 5.98. The third kappa shape index (κ3) is 6.47. The molecule has 134 valence electrons. The number of carbonyl (C=O) groups is 1. The number of halogens is 4. The molecular weight excluding hydrogens is 411 g/mol. The van der Waals surface area contributed by atoms with E-state index in [1.54, 1.807) is 17.9 Å². The van der Waals surface area contributed by atoms with Crippen molar-refractivity contribution in [1.82, 2.24) is 0 Å². The second-order valence-electron chi connectivity index (χ2n) is 4.60. The lowest BCUT2D eigenvalue weighted by molar-refractivity contribution is -0.854. The van der Waals surface area contributed by atoms with Crippen LogP contribution in [0, 0.1) is 5.92 Å². The zero-order valence-electron chi connectivity index (χ0n) is 12.5.